The minimum atomic E-state index is 0.140. The van der Waals surface area contributed by atoms with Crippen LogP contribution in [0, 0.1) is 11.3 Å². The first-order chi connectivity index (χ1) is 8.47. The topological polar surface area (TPSA) is 80.0 Å². The lowest BCUT2D eigenvalue weighted by Crippen LogP contribution is -2.03. The van der Waals surface area contributed by atoms with Crippen LogP contribution in [0.15, 0.2) is 11.8 Å². The maximum absolute atomic E-state index is 9.25. The van der Waals surface area contributed by atoms with Crippen molar-refractivity contribution < 1.29 is 0 Å². The fourth-order valence-corrected chi connectivity index (χ4v) is 1.97. The van der Waals surface area contributed by atoms with Crippen LogP contribution < -0.4 is 5.73 Å². The molecule has 0 saturated carbocycles. The zero-order valence-electron chi connectivity index (χ0n) is 10.3. The van der Waals surface area contributed by atoms with Crippen molar-refractivity contribution in [2.24, 2.45) is 0 Å². The van der Waals surface area contributed by atoms with Crippen LogP contribution in [0.4, 0.5) is 5.95 Å². The summed E-state index contributed by atoms with van der Waals surface area (Å²) < 4.78 is 1.57. The van der Waals surface area contributed by atoms with Gasteiger partial charge in [-0.25, -0.2) is 9.50 Å². The maximum Gasteiger partial charge on any atom is 0.238 e. The number of hydrogen-bond acceptors (Lipinski definition) is 4. The molecule has 0 aliphatic heterocycles. The van der Waals surface area contributed by atoms with Gasteiger partial charge in [0.15, 0.2) is 0 Å². The van der Waals surface area contributed by atoms with E-state index in [9.17, 15) is 5.26 Å². The molecule has 0 amide bonds. The van der Waals surface area contributed by atoms with Gasteiger partial charge in [-0.3, -0.25) is 0 Å². The van der Waals surface area contributed by atoms with Crippen molar-refractivity contribution >= 4 is 28.6 Å². The highest BCUT2D eigenvalue weighted by atomic mass is 35.5. The van der Waals surface area contributed by atoms with E-state index >= 15 is 0 Å². The molecular formula is C12H12ClN5. The summed E-state index contributed by atoms with van der Waals surface area (Å²) in [6, 6.07) is 2.11. The van der Waals surface area contributed by atoms with Crippen LogP contribution in [-0.4, -0.2) is 14.6 Å². The van der Waals surface area contributed by atoms with Gasteiger partial charge in [-0.05, 0) is 26.3 Å². The minimum Gasteiger partial charge on any atom is -0.367 e. The third-order valence-corrected chi connectivity index (χ3v) is 3.24. The van der Waals surface area contributed by atoms with Gasteiger partial charge >= 0.3 is 0 Å². The number of nitriles is 1. The lowest BCUT2D eigenvalue weighted by Gasteiger charge is -2.05. The number of fused-ring (bicyclic) bond motifs is 1. The van der Waals surface area contributed by atoms with Crippen molar-refractivity contribution in [3.63, 3.8) is 0 Å². The van der Waals surface area contributed by atoms with Gasteiger partial charge in [-0.1, -0.05) is 17.2 Å². The Hall–Kier alpha value is -2.06. The third kappa shape index (κ3) is 1.71. The fourth-order valence-electron chi connectivity index (χ4n) is 1.71. The Morgan fingerprint density at radius 2 is 2.11 bits per heavy atom. The average molecular weight is 262 g/mol. The minimum absolute atomic E-state index is 0.140. The van der Waals surface area contributed by atoms with E-state index in [-0.39, 0.29) is 5.95 Å². The van der Waals surface area contributed by atoms with E-state index in [1.807, 2.05) is 20.8 Å². The first kappa shape index (κ1) is 12.4. The highest BCUT2D eigenvalue weighted by Gasteiger charge is 2.20. The summed E-state index contributed by atoms with van der Waals surface area (Å²) in [5.74, 6) is 0.140. The maximum atomic E-state index is 9.25. The molecule has 2 aromatic heterocycles. The van der Waals surface area contributed by atoms with Crippen LogP contribution in [0.5, 0.6) is 0 Å². The van der Waals surface area contributed by atoms with Gasteiger partial charge in [-0.2, -0.15) is 5.26 Å². The second-order valence-electron chi connectivity index (χ2n) is 4.19. The van der Waals surface area contributed by atoms with E-state index in [2.05, 4.69) is 16.2 Å². The first-order valence-corrected chi connectivity index (χ1v) is 5.72. The second-order valence-corrected chi connectivity index (χ2v) is 4.57. The summed E-state index contributed by atoms with van der Waals surface area (Å²) in [6.07, 6.45) is 1.52. The van der Waals surface area contributed by atoms with E-state index in [4.69, 9.17) is 17.3 Å². The molecule has 2 heterocycles. The normalized spacial score (nSPS) is 10.4. The molecule has 0 radical (unpaired) electrons. The quantitative estimate of drug-likeness (QED) is 0.856. The molecule has 0 aliphatic carbocycles. The predicted octanol–water partition coefficient (Wildman–Crippen LogP) is 2.65. The van der Waals surface area contributed by atoms with Gasteiger partial charge < -0.3 is 5.73 Å². The molecule has 2 N–H and O–H groups in total. The van der Waals surface area contributed by atoms with E-state index in [0.29, 0.717) is 21.8 Å². The van der Waals surface area contributed by atoms with Crippen LogP contribution in [0.25, 0.3) is 11.1 Å². The molecule has 0 bridgehead atoms. The van der Waals surface area contributed by atoms with Crippen LogP contribution in [0.1, 0.15) is 32.0 Å². The summed E-state index contributed by atoms with van der Waals surface area (Å²) in [5.41, 5.74) is 9.27. The van der Waals surface area contributed by atoms with Crippen LogP contribution in [0.3, 0.4) is 0 Å². The average Bonchev–Trinajstić information content (AvgIpc) is 2.60. The third-order valence-electron chi connectivity index (χ3n) is 2.86. The molecular weight excluding hydrogens is 250 g/mol. The van der Waals surface area contributed by atoms with Crippen molar-refractivity contribution in [3.8, 4) is 6.07 Å². The number of halogens is 1. The molecule has 6 heteroatoms. The highest BCUT2D eigenvalue weighted by molar-refractivity contribution is 6.35. The number of hydrogen-bond donors (Lipinski definition) is 1. The zero-order valence-corrected chi connectivity index (χ0v) is 11.1. The molecule has 0 atom stereocenters. The van der Waals surface area contributed by atoms with Gasteiger partial charge in [-0.15, -0.1) is 5.10 Å². The Morgan fingerprint density at radius 1 is 1.44 bits per heavy atom. The number of aromatic nitrogens is 3. The molecule has 0 saturated heterocycles. The monoisotopic (exact) mass is 261 g/mol. The highest BCUT2D eigenvalue weighted by Crippen LogP contribution is 2.32. The first-order valence-electron chi connectivity index (χ1n) is 5.34. The summed E-state index contributed by atoms with van der Waals surface area (Å²) >= 11 is 6.18. The van der Waals surface area contributed by atoms with E-state index in [1.54, 1.807) is 4.52 Å². The SMILES string of the molecule is CC(C)=C(C)c1c(C#N)c(Cl)c2cnc(N)nn12. The van der Waals surface area contributed by atoms with Gasteiger partial charge in [0, 0.05) is 0 Å². The lowest BCUT2D eigenvalue weighted by atomic mass is 10.1. The van der Waals surface area contributed by atoms with Crippen molar-refractivity contribution in [1.82, 2.24) is 14.6 Å². The number of allylic oxidation sites excluding steroid dienone is 2. The molecule has 0 unspecified atom stereocenters. The lowest BCUT2D eigenvalue weighted by molar-refractivity contribution is 0.900. The molecule has 0 fully saturated rings. The molecule has 92 valence electrons. The van der Waals surface area contributed by atoms with Gasteiger partial charge in [0.1, 0.15) is 11.6 Å². The molecule has 0 spiro atoms. The zero-order chi connectivity index (χ0) is 13.4. The Labute approximate surface area is 109 Å². The molecule has 2 aromatic rings. The van der Waals surface area contributed by atoms with Crippen molar-refractivity contribution in [3.05, 3.63) is 28.0 Å². The van der Waals surface area contributed by atoms with Crippen molar-refractivity contribution in [1.29, 1.82) is 5.26 Å². The van der Waals surface area contributed by atoms with Crippen LogP contribution >= 0.6 is 11.6 Å². The second kappa shape index (κ2) is 4.31. The van der Waals surface area contributed by atoms with Gasteiger partial charge in [0.2, 0.25) is 5.95 Å². The Morgan fingerprint density at radius 3 is 2.67 bits per heavy atom. The Bertz CT molecular complexity index is 701. The van der Waals surface area contributed by atoms with E-state index in [0.717, 1.165) is 11.1 Å². The fraction of sp³-hybridized carbons (Fsp3) is 0.250. The smallest absolute Gasteiger partial charge is 0.238 e. The molecule has 5 nitrogen and oxygen atoms in total. The van der Waals surface area contributed by atoms with Gasteiger partial charge in [0.25, 0.3) is 0 Å². The Kier molecular flexibility index (Phi) is 2.97. The number of nitrogens with two attached hydrogens (primary N) is 1. The van der Waals surface area contributed by atoms with Gasteiger partial charge in [0.05, 0.1) is 22.5 Å². The Balaban J connectivity index is 2.99. The number of rotatable bonds is 1. The van der Waals surface area contributed by atoms with Crippen LogP contribution in [0.2, 0.25) is 5.02 Å². The van der Waals surface area contributed by atoms with E-state index < -0.39 is 0 Å². The van der Waals surface area contributed by atoms with Crippen LogP contribution in [-0.2, 0) is 0 Å². The summed E-state index contributed by atoms with van der Waals surface area (Å²) in [5, 5.41) is 13.7. The number of anilines is 1. The molecule has 2 rings (SSSR count). The summed E-state index contributed by atoms with van der Waals surface area (Å²) in [6.45, 7) is 5.86. The van der Waals surface area contributed by atoms with Crippen molar-refractivity contribution in [2.75, 3.05) is 5.73 Å². The summed E-state index contributed by atoms with van der Waals surface area (Å²) in [7, 11) is 0. The molecule has 0 aromatic carbocycles. The standard InChI is InChI=1S/C12H12ClN5/c1-6(2)7(3)11-8(4-14)10(13)9-5-16-12(15)17-18(9)11/h5H,1-3H3,(H2,15,17). The predicted molar refractivity (Wildman–Crippen MR) is 71.1 cm³/mol. The van der Waals surface area contributed by atoms with E-state index in [1.165, 1.54) is 6.20 Å². The largest absolute Gasteiger partial charge is 0.367 e. The molecule has 18 heavy (non-hydrogen) atoms. The molecule has 0 aliphatic rings. The summed E-state index contributed by atoms with van der Waals surface area (Å²) in [4.78, 5) is 3.90. The number of nitrogens with zero attached hydrogens (tertiary/aromatic N) is 4. The van der Waals surface area contributed by atoms with Crippen molar-refractivity contribution in [2.45, 2.75) is 20.8 Å². The number of nitrogen functional groups attached to an aromatic ring is 1.